The number of nitrogens with one attached hydrogen (secondary N) is 1. The van der Waals surface area contributed by atoms with E-state index >= 15 is 0 Å². The Bertz CT molecular complexity index is 250. The highest BCUT2D eigenvalue weighted by molar-refractivity contribution is 7.10. The van der Waals surface area contributed by atoms with Crippen molar-refractivity contribution in [3.05, 3.63) is 16.3 Å². The fourth-order valence-corrected chi connectivity index (χ4v) is 2.00. The third-order valence-electron chi connectivity index (χ3n) is 2.08. The second kappa shape index (κ2) is 6.81. The number of unbranched alkanes of at least 4 members (excludes halogenated alkanes) is 2. The maximum atomic E-state index is 8.57. The molecule has 0 fully saturated rings. The van der Waals surface area contributed by atoms with Gasteiger partial charge in [-0.15, -0.1) is 11.3 Å². The van der Waals surface area contributed by atoms with Crippen LogP contribution < -0.4 is 11.1 Å². The van der Waals surface area contributed by atoms with Crippen molar-refractivity contribution < 1.29 is 5.11 Å². The van der Waals surface area contributed by atoms with E-state index in [4.69, 9.17) is 10.8 Å². The first-order valence-electron chi connectivity index (χ1n) is 4.98. The van der Waals surface area contributed by atoms with Crippen LogP contribution in [0.5, 0.6) is 0 Å². The third kappa shape index (κ3) is 4.09. The second-order valence-electron chi connectivity index (χ2n) is 3.26. The van der Waals surface area contributed by atoms with E-state index in [1.165, 1.54) is 4.88 Å². The van der Waals surface area contributed by atoms with E-state index in [-0.39, 0.29) is 0 Å². The van der Waals surface area contributed by atoms with Crippen LogP contribution in [0, 0.1) is 0 Å². The van der Waals surface area contributed by atoms with Crippen LogP contribution in [0.4, 0.5) is 5.69 Å². The Morgan fingerprint density at radius 2 is 2.21 bits per heavy atom. The number of thiophene rings is 1. The van der Waals surface area contributed by atoms with E-state index in [0.29, 0.717) is 6.61 Å². The summed E-state index contributed by atoms with van der Waals surface area (Å²) in [6.07, 6.45) is 3.11. The number of anilines is 1. The van der Waals surface area contributed by atoms with Gasteiger partial charge in [-0.25, -0.2) is 0 Å². The smallest absolute Gasteiger partial charge is 0.0468 e. The molecule has 0 aliphatic rings. The predicted octanol–water partition coefficient (Wildman–Crippen LogP) is 1.58. The Kier molecular flexibility index (Phi) is 5.59. The number of aliphatic hydroxyl groups is 1. The molecule has 0 saturated heterocycles. The van der Waals surface area contributed by atoms with Gasteiger partial charge < -0.3 is 16.2 Å². The molecule has 0 aromatic carbocycles. The largest absolute Gasteiger partial charge is 0.398 e. The minimum absolute atomic E-state index is 0.303. The fraction of sp³-hybridized carbons (Fsp3) is 0.600. The molecule has 4 N–H and O–H groups in total. The molecule has 3 nitrogen and oxygen atoms in total. The van der Waals surface area contributed by atoms with E-state index < -0.39 is 0 Å². The van der Waals surface area contributed by atoms with Crippen LogP contribution in [-0.2, 0) is 6.54 Å². The summed E-state index contributed by atoms with van der Waals surface area (Å²) in [6, 6.07) is 1.94. The molecule has 0 atom stereocenters. The van der Waals surface area contributed by atoms with E-state index in [9.17, 15) is 0 Å². The molecule has 4 heteroatoms. The van der Waals surface area contributed by atoms with Crippen molar-refractivity contribution in [1.82, 2.24) is 5.32 Å². The van der Waals surface area contributed by atoms with Crippen molar-refractivity contribution in [2.24, 2.45) is 0 Å². The molecule has 1 aromatic heterocycles. The normalized spacial score (nSPS) is 10.6. The van der Waals surface area contributed by atoms with E-state index in [1.54, 1.807) is 11.3 Å². The van der Waals surface area contributed by atoms with Gasteiger partial charge in [-0.1, -0.05) is 0 Å². The van der Waals surface area contributed by atoms with Gasteiger partial charge in [0.1, 0.15) is 0 Å². The highest BCUT2D eigenvalue weighted by atomic mass is 32.1. The van der Waals surface area contributed by atoms with Crippen LogP contribution in [0.2, 0.25) is 0 Å². The lowest BCUT2D eigenvalue weighted by Crippen LogP contribution is -2.14. The molecule has 14 heavy (non-hydrogen) atoms. The summed E-state index contributed by atoms with van der Waals surface area (Å²) in [5.74, 6) is 0. The van der Waals surface area contributed by atoms with Crippen molar-refractivity contribution in [3.8, 4) is 0 Å². The molecule has 1 aromatic rings. The van der Waals surface area contributed by atoms with Gasteiger partial charge in [0.05, 0.1) is 0 Å². The van der Waals surface area contributed by atoms with E-state index in [1.807, 2.05) is 11.4 Å². The highest BCUT2D eigenvalue weighted by Gasteiger charge is 1.98. The molecular weight excluding hydrogens is 196 g/mol. The summed E-state index contributed by atoms with van der Waals surface area (Å²) in [5, 5.41) is 13.9. The van der Waals surface area contributed by atoms with Crippen molar-refractivity contribution in [1.29, 1.82) is 0 Å². The van der Waals surface area contributed by atoms with Gasteiger partial charge in [-0.05, 0) is 37.3 Å². The molecule has 80 valence electrons. The van der Waals surface area contributed by atoms with Gasteiger partial charge in [0.15, 0.2) is 0 Å². The van der Waals surface area contributed by atoms with E-state index in [0.717, 1.165) is 38.0 Å². The Hall–Kier alpha value is -0.580. The quantitative estimate of drug-likeness (QED) is 0.604. The highest BCUT2D eigenvalue weighted by Crippen LogP contribution is 2.17. The first kappa shape index (κ1) is 11.5. The summed E-state index contributed by atoms with van der Waals surface area (Å²) < 4.78 is 0. The summed E-state index contributed by atoms with van der Waals surface area (Å²) in [6.45, 7) is 2.16. The maximum Gasteiger partial charge on any atom is 0.0468 e. The maximum absolute atomic E-state index is 8.57. The molecule has 0 bridgehead atoms. The Labute approximate surface area is 88.9 Å². The Morgan fingerprint density at radius 3 is 2.86 bits per heavy atom. The molecule has 1 rings (SSSR count). The topological polar surface area (TPSA) is 58.3 Å². The summed E-state index contributed by atoms with van der Waals surface area (Å²) in [4.78, 5) is 1.21. The standard InChI is InChI=1S/C10H18N2OS/c11-9-4-7-14-10(9)8-12-5-2-1-3-6-13/h4,7,12-13H,1-3,5-6,8,11H2. The van der Waals surface area contributed by atoms with Crippen LogP contribution >= 0.6 is 11.3 Å². The lowest BCUT2D eigenvalue weighted by atomic mass is 10.2. The predicted molar refractivity (Wildman–Crippen MR) is 61.4 cm³/mol. The van der Waals surface area contributed by atoms with Crippen molar-refractivity contribution in [2.45, 2.75) is 25.8 Å². The number of nitrogens with two attached hydrogens (primary N) is 1. The molecule has 0 aliphatic heterocycles. The summed E-state index contributed by atoms with van der Waals surface area (Å²) in [7, 11) is 0. The molecule has 0 saturated carbocycles. The van der Waals surface area contributed by atoms with Crippen LogP contribution in [0.15, 0.2) is 11.4 Å². The molecule has 0 unspecified atom stereocenters. The van der Waals surface area contributed by atoms with Crippen LogP contribution in [0.3, 0.4) is 0 Å². The molecule has 0 radical (unpaired) electrons. The summed E-state index contributed by atoms with van der Waals surface area (Å²) in [5.41, 5.74) is 6.63. The van der Waals surface area contributed by atoms with Crippen LogP contribution in [0.25, 0.3) is 0 Å². The van der Waals surface area contributed by atoms with Crippen molar-refractivity contribution in [3.63, 3.8) is 0 Å². The Morgan fingerprint density at radius 1 is 1.36 bits per heavy atom. The summed E-state index contributed by atoms with van der Waals surface area (Å²) >= 11 is 1.69. The van der Waals surface area contributed by atoms with Crippen molar-refractivity contribution >= 4 is 17.0 Å². The zero-order valence-electron chi connectivity index (χ0n) is 8.33. The molecular formula is C10H18N2OS. The molecule has 1 heterocycles. The SMILES string of the molecule is Nc1ccsc1CNCCCCCO. The van der Waals surface area contributed by atoms with Gasteiger partial charge in [0.25, 0.3) is 0 Å². The number of aliphatic hydroxyl groups excluding tert-OH is 1. The first-order chi connectivity index (χ1) is 6.84. The fourth-order valence-electron chi connectivity index (χ4n) is 1.23. The minimum atomic E-state index is 0.303. The number of hydrogen-bond donors (Lipinski definition) is 3. The lowest BCUT2D eigenvalue weighted by molar-refractivity contribution is 0.283. The molecule has 0 aliphatic carbocycles. The average molecular weight is 214 g/mol. The lowest BCUT2D eigenvalue weighted by Gasteiger charge is -2.03. The second-order valence-corrected chi connectivity index (χ2v) is 4.26. The zero-order chi connectivity index (χ0) is 10.2. The number of nitrogen functional groups attached to an aromatic ring is 1. The first-order valence-corrected chi connectivity index (χ1v) is 5.86. The number of rotatable bonds is 7. The van der Waals surface area contributed by atoms with Gasteiger partial charge in [0, 0.05) is 23.7 Å². The van der Waals surface area contributed by atoms with Gasteiger partial charge in [0.2, 0.25) is 0 Å². The van der Waals surface area contributed by atoms with Gasteiger partial charge in [-0.3, -0.25) is 0 Å². The zero-order valence-corrected chi connectivity index (χ0v) is 9.15. The monoisotopic (exact) mass is 214 g/mol. The minimum Gasteiger partial charge on any atom is -0.398 e. The third-order valence-corrected chi connectivity index (χ3v) is 3.01. The molecule has 0 amide bonds. The number of hydrogen-bond acceptors (Lipinski definition) is 4. The van der Waals surface area contributed by atoms with Crippen LogP contribution in [0.1, 0.15) is 24.1 Å². The average Bonchev–Trinajstić information content (AvgIpc) is 2.58. The van der Waals surface area contributed by atoms with Gasteiger partial charge >= 0.3 is 0 Å². The Balaban J connectivity index is 2.02. The van der Waals surface area contributed by atoms with Gasteiger partial charge in [-0.2, -0.15) is 0 Å². The van der Waals surface area contributed by atoms with Crippen LogP contribution in [-0.4, -0.2) is 18.3 Å². The van der Waals surface area contributed by atoms with Crippen molar-refractivity contribution in [2.75, 3.05) is 18.9 Å². The molecule has 0 spiro atoms. The van der Waals surface area contributed by atoms with E-state index in [2.05, 4.69) is 5.32 Å².